The van der Waals surface area contributed by atoms with E-state index in [-0.39, 0.29) is 36.7 Å². The van der Waals surface area contributed by atoms with Crippen LogP contribution < -0.4 is 5.32 Å². The fourth-order valence-corrected chi connectivity index (χ4v) is 3.01. The van der Waals surface area contributed by atoms with E-state index in [0.29, 0.717) is 43.1 Å². The molecule has 1 aliphatic heterocycles. The second-order valence-corrected chi connectivity index (χ2v) is 6.34. The van der Waals surface area contributed by atoms with Gasteiger partial charge in [0.05, 0.1) is 11.6 Å². The van der Waals surface area contributed by atoms with E-state index >= 15 is 0 Å². The fraction of sp³-hybridized carbons (Fsp3) is 0.500. The number of rotatable bonds is 6. The number of Topliss-reactive ketones (excluding diaryl/α,β-unsaturated/α-hetero) is 1. The molecule has 1 aliphatic rings. The van der Waals surface area contributed by atoms with Crippen LogP contribution in [0.5, 0.6) is 0 Å². The maximum Gasteiger partial charge on any atom is 0.409 e. The highest BCUT2D eigenvalue weighted by molar-refractivity contribution is 6.34. The van der Waals surface area contributed by atoms with Crippen molar-refractivity contribution < 1.29 is 19.1 Å². The maximum absolute atomic E-state index is 12.1. The Morgan fingerprint density at radius 1 is 1.20 bits per heavy atom. The second kappa shape index (κ2) is 9.42. The highest BCUT2D eigenvalue weighted by Gasteiger charge is 2.24. The van der Waals surface area contributed by atoms with Crippen molar-refractivity contribution in [3.05, 3.63) is 34.9 Å². The molecular formula is C18H23ClN2O4. The van der Waals surface area contributed by atoms with Gasteiger partial charge < -0.3 is 15.0 Å². The molecule has 1 aromatic carbocycles. The Morgan fingerprint density at radius 2 is 1.88 bits per heavy atom. The molecule has 1 heterocycles. The highest BCUT2D eigenvalue weighted by Crippen LogP contribution is 2.17. The van der Waals surface area contributed by atoms with E-state index < -0.39 is 0 Å². The first kappa shape index (κ1) is 19.2. The van der Waals surface area contributed by atoms with Crippen LogP contribution in [0.2, 0.25) is 5.02 Å². The van der Waals surface area contributed by atoms with Gasteiger partial charge in [0, 0.05) is 37.5 Å². The lowest BCUT2D eigenvalue weighted by Crippen LogP contribution is -2.46. The zero-order chi connectivity index (χ0) is 18.2. The number of carbonyl (C=O) groups is 3. The number of halogens is 1. The first-order valence-electron chi connectivity index (χ1n) is 8.50. The molecular weight excluding hydrogens is 344 g/mol. The van der Waals surface area contributed by atoms with Crippen LogP contribution in [0, 0.1) is 0 Å². The topological polar surface area (TPSA) is 75.7 Å². The third-order valence-corrected chi connectivity index (χ3v) is 4.47. The lowest BCUT2D eigenvalue weighted by molar-refractivity contribution is -0.122. The number of likely N-dealkylation sites (tertiary alicyclic amines) is 1. The average molecular weight is 367 g/mol. The van der Waals surface area contributed by atoms with E-state index in [1.807, 2.05) is 0 Å². The number of ketones is 1. The van der Waals surface area contributed by atoms with E-state index in [1.165, 1.54) is 0 Å². The molecule has 0 bridgehead atoms. The predicted octanol–water partition coefficient (Wildman–Crippen LogP) is 3.04. The second-order valence-electron chi connectivity index (χ2n) is 5.93. The SMILES string of the molecule is CCOC(=O)N1CCC(NC(=O)CCC(=O)c2ccccc2Cl)CC1. The van der Waals surface area contributed by atoms with Gasteiger partial charge in [0.15, 0.2) is 5.78 Å². The smallest absolute Gasteiger partial charge is 0.409 e. The summed E-state index contributed by atoms with van der Waals surface area (Å²) in [5, 5.41) is 3.33. The van der Waals surface area contributed by atoms with Crippen molar-refractivity contribution in [1.82, 2.24) is 10.2 Å². The number of hydrogen-bond donors (Lipinski definition) is 1. The molecule has 0 spiro atoms. The molecule has 1 fully saturated rings. The minimum Gasteiger partial charge on any atom is -0.450 e. The van der Waals surface area contributed by atoms with E-state index in [1.54, 1.807) is 36.1 Å². The Balaban J connectivity index is 1.72. The number of ether oxygens (including phenoxy) is 1. The molecule has 0 saturated carbocycles. The van der Waals surface area contributed by atoms with Crippen LogP contribution >= 0.6 is 11.6 Å². The van der Waals surface area contributed by atoms with Crippen LogP contribution in [0.1, 0.15) is 43.0 Å². The Bertz CT molecular complexity index is 627. The highest BCUT2D eigenvalue weighted by atomic mass is 35.5. The minimum atomic E-state index is -0.308. The van der Waals surface area contributed by atoms with Crippen molar-refractivity contribution in [3.8, 4) is 0 Å². The number of carbonyl (C=O) groups excluding carboxylic acids is 3. The summed E-state index contributed by atoms with van der Waals surface area (Å²) >= 11 is 5.99. The number of piperidine rings is 1. The molecule has 0 unspecified atom stereocenters. The van der Waals surface area contributed by atoms with Gasteiger partial charge in [-0.1, -0.05) is 23.7 Å². The van der Waals surface area contributed by atoms with Crippen molar-refractivity contribution in [2.45, 2.75) is 38.6 Å². The van der Waals surface area contributed by atoms with Gasteiger partial charge >= 0.3 is 6.09 Å². The maximum atomic E-state index is 12.1. The van der Waals surface area contributed by atoms with Crippen molar-refractivity contribution in [3.63, 3.8) is 0 Å². The quantitative estimate of drug-likeness (QED) is 0.785. The summed E-state index contributed by atoms with van der Waals surface area (Å²) in [5.41, 5.74) is 0.444. The molecule has 0 radical (unpaired) electrons. The summed E-state index contributed by atoms with van der Waals surface area (Å²) in [4.78, 5) is 37.4. The van der Waals surface area contributed by atoms with Gasteiger partial charge in [0.1, 0.15) is 0 Å². The fourth-order valence-electron chi connectivity index (χ4n) is 2.77. The molecule has 1 N–H and O–H groups in total. The van der Waals surface area contributed by atoms with Crippen molar-refractivity contribution in [2.24, 2.45) is 0 Å². The van der Waals surface area contributed by atoms with Crippen LogP contribution in [0.4, 0.5) is 4.79 Å². The lowest BCUT2D eigenvalue weighted by atomic mass is 10.0. The molecule has 2 rings (SSSR count). The molecule has 25 heavy (non-hydrogen) atoms. The van der Waals surface area contributed by atoms with Gasteiger partial charge in [-0.3, -0.25) is 9.59 Å². The summed E-state index contributed by atoms with van der Waals surface area (Å²) in [7, 11) is 0. The normalized spacial score (nSPS) is 14.9. The van der Waals surface area contributed by atoms with Crippen LogP contribution in [0.3, 0.4) is 0 Å². The zero-order valence-corrected chi connectivity index (χ0v) is 15.1. The summed E-state index contributed by atoms with van der Waals surface area (Å²) in [5.74, 6) is -0.298. The monoisotopic (exact) mass is 366 g/mol. The third kappa shape index (κ3) is 5.74. The van der Waals surface area contributed by atoms with Gasteiger partial charge in [-0.2, -0.15) is 0 Å². The van der Waals surface area contributed by atoms with Crippen LogP contribution in [-0.4, -0.2) is 48.4 Å². The predicted molar refractivity (Wildman–Crippen MR) is 94.8 cm³/mol. The van der Waals surface area contributed by atoms with Gasteiger partial charge in [0.25, 0.3) is 0 Å². The number of hydrogen-bond acceptors (Lipinski definition) is 4. The van der Waals surface area contributed by atoms with Gasteiger partial charge in [-0.15, -0.1) is 0 Å². The van der Waals surface area contributed by atoms with Gasteiger partial charge in [0.2, 0.25) is 5.91 Å². The van der Waals surface area contributed by atoms with Crippen molar-refractivity contribution in [1.29, 1.82) is 0 Å². The number of nitrogens with zero attached hydrogens (tertiary/aromatic N) is 1. The molecule has 1 saturated heterocycles. The average Bonchev–Trinajstić information content (AvgIpc) is 2.61. The molecule has 2 amide bonds. The summed E-state index contributed by atoms with van der Waals surface area (Å²) < 4.78 is 4.97. The molecule has 0 aliphatic carbocycles. The summed E-state index contributed by atoms with van der Waals surface area (Å²) in [6.07, 6.45) is 1.31. The Morgan fingerprint density at radius 3 is 2.52 bits per heavy atom. The van der Waals surface area contributed by atoms with Crippen LogP contribution in [0.25, 0.3) is 0 Å². The van der Waals surface area contributed by atoms with E-state index in [4.69, 9.17) is 16.3 Å². The number of nitrogens with one attached hydrogen (secondary N) is 1. The molecule has 136 valence electrons. The largest absolute Gasteiger partial charge is 0.450 e. The van der Waals surface area contributed by atoms with Gasteiger partial charge in [-0.05, 0) is 31.9 Å². The first-order chi connectivity index (χ1) is 12.0. The van der Waals surface area contributed by atoms with Crippen LogP contribution in [0.15, 0.2) is 24.3 Å². The zero-order valence-electron chi connectivity index (χ0n) is 14.3. The summed E-state index contributed by atoms with van der Waals surface area (Å²) in [6.45, 7) is 3.24. The Hall–Kier alpha value is -2.08. The third-order valence-electron chi connectivity index (χ3n) is 4.14. The summed E-state index contributed by atoms with van der Waals surface area (Å²) in [6, 6.07) is 6.85. The Kier molecular flexibility index (Phi) is 7.25. The molecule has 7 heteroatoms. The van der Waals surface area contributed by atoms with E-state index in [0.717, 1.165) is 0 Å². The molecule has 0 aromatic heterocycles. The molecule has 0 atom stereocenters. The molecule has 6 nitrogen and oxygen atoms in total. The first-order valence-corrected chi connectivity index (χ1v) is 8.87. The van der Waals surface area contributed by atoms with Crippen molar-refractivity contribution in [2.75, 3.05) is 19.7 Å². The lowest BCUT2D eigenvalue weighted by Gasteiger charge is -2.31. The minimum absolute atomic E-state index is 0.0218. The Labute approximate surface area is 152 Å². The van der Waals surface area contributed by atoms with E-state index in [9.17, 15) is 14.4 Å². The van der Waals surface area contributed by atoms with Gasteiger partial charge in [-0.25, -0.2) is 4.79 Å². The number of benzene rings is 1. The number of amides is 2. The standard InChI is InChI=1S/C18H23ClN2O4/c1-2-25-18(24)21-11-9-13(10-12-21)20-17(23)8-7-16(22)14-5-3-4-6-15(14)19/h3-6,13H,2,7-12H2,1H3,(H,20,23). The van der Waals surface area contributed by atoms with Crippen LogP contribution in [-0.2, 0) is 9.53 Å². The van der Waals surface area contributed by atoms with E-state index in [2.05, 4.69) is 5.32 Å². The van der Waals surface area contributed by atoms with Crippen molar-refractivity contribution >= 4 is 29.4 Å². The molecule has 1 aromatic rings.